The molecule has 20 heavy (non-hydrogen) atoms. The summed E-state index contributed by atoms with van der Waals surface area (Å²) in [6.07, 6.45) is 0.910. The lowest BCUT2D eigenvalue weighted by Gasteiger charge is -2.22. The van der Waals surface area contributed by atoms with Crippen LogP contribution >= 0.6 is 0 Å². The number of carbonyl (C=O) groups excluding carboxylic acids is 1. The highest BCUT2D eigenvalue weighted by Crippen LogP contribution is 2.37. The number of nitrogens with zero attached hydrogens (tertiary/aromatic N) is 1. The normalized spacial score (nSPS) is 17.9. The summed E-state index contributed by atoms with van der Waals surface area (Å²) < 4.78 is 10.5. The first-order chi connectivity index (χ1) is 9.55. The van der Waals surface area contributed by atoms with Crippen molar-refractivity contribution in [1.82, 2.24) is 5.32 Å². The third-order valence-corrected chi connectivity index (χ3v) is 3.47. The maximum absolute atomic E-state index is 11.1. The number of nitrogens with one attached hydrogen (secondary N) is 1. The van der Waals surface area contributed by atoms with Crippen molar-refractivity contribution < 1.29 is 14.3 Å². The van der Waals surface area contributed by atoms with Crippen LogP contribution in [0.5, 0.6) is 11.5 Å². The predicted octanol–water partition coefficient (Wildman–Crippen LogP) is 1.00. The van der Waals surface area contributed by atoms with Gasteiger partial charge in [-0.3, -0.25) is 4.79 Å². The standard InChI is InChI=1S/C14H21N3O3/c1-9(18)16-10-4-5-17(8-10)12-7-14(20-3)13(19-2)6-11(12)15/h6-7,10H,4-5,8,15H2,1-3H3,(H,16,18). The molecule has 0 radical (unpaired) electrons. The SMILES string of the molecule is COc1cc(N)c(N2CCC(NC(C)=O)C2)cc1OC. The molecule has 1 amide bonds. The molecule has 1 saturated heterocycles. The quantitative estimate of drug-likeness (QED) is 0.804. The second kappa shape index (κ2) is 5.90. The van der Waals surface area contributed by atoms with Gasteiger partial charge in [-0.25, -0.2) is 0 Å². The Morgan fingerprint density at radius 1 is 1.35 bits per heavy atom. The average Bonchev–Trinajstić information content (AvgIpc) is 2.85. The van der Waals surface area contributed by atoms with Crippen LogP contribution in [0.1, 0.15) is 13.3 Å². The monoisotopic (exact) mass is 279 g/mol. The van der Waals surface area contributed by atoms with Crippen LogP contribution in [0.3, 0.4) is 0 Å². The zero-order valence-electron chi connectivity index (χ0n) is 12.1. The number of amides is 1. The minimum absolute atomic E-state index is 0.00265. The van der Waals surface area contributed by atoms with Crippen molar-refractivity contribution in [2.45, 2.75) is 19.4 Å². The van der Waals surface area contributed by atoms with Crippen molar-refractivity contribution >= 4 is 17.3 Å². The van der Waals surface area contributed by atoms with Gasteiger partial charge in [-0.15, -0.1) is 0 Å². The fourth-order valence-corrected chi connectivity index (χ4v) is 2.54. The zero-order chi connectivity index (χ0) is 14.7. The highest BCUT2D eigenvalue weighted by Gasteiger charge is 2.25. The maximum atomic E-state index is 11.1. The molecular weight excluding hydrogens is 258 g/mol. The summed E-state index contributed by atoms with van der Waals surface area (Å²) >= 11 is 0. The number of benzene rings is 1. The minimum atomic E-state index is -0.00265. The van der Waals surface area contributed by atoms with E-state index in [4.69, 9.17) is 15.2 Å². The number of nitrogen functional groups attached to an aromatic ring is 1. The second-order valence-electron chi connectivity index (χ2n) is 4.90. The van der Waals surface area contributed by atoms with E-state index in [1.54, 1.807) is 20.3 Å². The molecule has 3 N–H and O–H groups in total. The second-order valence-corrected chi connectivity index (χ2v) is 4.90. The number of rotatable bonds is 4. The summed E-state index contributed by atoms with van der Waals surface area (Å²) in [5, 5.41) is 2.93. The smallest absolute Gasteiger partial charge is 0.217 e. The summed E-state index contributed by atoms with van der Waals surface area (Å²) in [6.45, 7) is 3.14. The molecule has 110 valence electrons. The van der Waals surface area contributed by atoms with Gasteiger partial charge in [-0.2, -0.15) is 0 Å². The zero-order valence-corrected chi connectivity index (χ0v) is 12.1. The lowest BCUT2D eigenvalue weighted by Crippen LogP contribution is -2.35. The number of hydrogen-bond donors (Lipinski definition) is 2. The lowest BCUT2D eigenvalue weighted by atomic mass is 10.2. The van der Waals surface area contributed by atoms with Gasteiger partial charge in [-0.1, -0.05) is 0 Å². The Labute approximate surface area is 118 Å². The van der Waals surface area contributed by atoms with Gasteiger partial charge in [0.05, 0.1) is 25.6 Å². The van der Waals surface area contributed by atoms with Crippen molar-refractivity contribution in [1.29, 1.82) is 0 Å². The molecule has 1 unspecified atom stereocenters. The molecule has 1 fully saturated rings. The molecule has 2 rings (SSSR count). The Morgan fingerprint density at radius 3 is 2.60 bits per heavy atom. The first-order valence-corrected chi connectivity index (χ1v) is 6.58. The number of nitrogens with two attached hydrogens (primary N) is 1. The molecule has 0 spiro atoms. The molecule has 1 aliphatic rings. The summed E-state index contributed by atoms with van der Waals surface area (Å²) in [6, 6.07) is 3.81. The number of methoxy groups -OCH3 is 2. The van der Waals surface area contributed by atoms with Gasteiger partial charge in [0.1, 0.15) is 0 Å². The van der Waals surface area contributed by atoms with Gasteiger partial charge in [0.25, 0.3) is 0 Å². The Hall–Kier alpha value is -2.11. The van der Waals surface area contributed by atoms with Gasteiger partial charge in [-0.05, 0) is 6.42 Å². The summed E-state index contributed by atoms with van der Waals surface area (Å²) in [4.78, 5) is 13.3. The van der Waals surface area contributed by atoms with Crippen LogP contribution in [-0.2, 0) is 4.79 Å². The molecule has 1 aliphatic heterocycles. The van der Waals surface area contributed by atoms with Crippen LogP contribution in [0.2, 0.25) is 0 Å². The van der Waals surface area contributed by atoms with Gasteiger partial charge in [0, 0.05) is 38.2 Å². The fraction of sp³-hybridized carbons (Fsp3) is 0.500. The lowest BCUT2D eigenvalue weighted by molar-refractivity contribution is -0.119. The first kappa shape index (κ1) is 14.3. The van der Waals surface area contributed by atoms with Crippen LogP contribution in [-0.4, -0.2) is 39.3 Å². The van der Waals surface area contributed by atoms with E-state index in [9.17, 15) is 4.79 Å². The molecular formula is C14H21N3O3. The van der Waals surface area contributed by atoms with Gasteiger partial charge in [0.2, 0.25) is 5.91 Å². The Kier molecular flexibility index (Phi) is 4.22. The first-order valence-electron chi connectivity index (χ1n) is 6.58. The largest absolute Gasteiger partial charge is 0.493 e. The van der Waals surface area contributed by atoms with E-state index in [2.05, 4.69) is 10.2 Å². The van der Waals surface area contributed by atoms with Crippen LogP contribution < -0.4 is 25.4 Å². The third kappa shape index (κ3) is 2.89. The van der Waals surface area contributed by atoms with E-state index in [0.717, 1.165) is 25.2 Å². The third-order valence-electron chi connectivity index (χ3n) is 3.47. The van der Waals surface area contributed by atoms with Crippen molar-refractivity contribution in [2.75, 3.05) is 37.9 Å². The molecule has 0 saturated carbocycles. The van der Waals surface area contributed by atoms with Crippen LogP contribution in [0.25, 0.3) is 0 Å². The summed E-state index contributed by atoms with van der Waals surface area (Å²) in [5.41, 5.74) is 7.64. The highest BCUT2D eigenvalue weighted by atomic mass is 16.5. The molecule has 1 aromatic rings. The average molecular weight is 279 g/mol. The van der Waals surface area contributed by atoms with E-state index in [1.165, 1.54) is 6.92 Å². The van der Waals surface area contributed by atoms with E-state index in [0.29, 0.717) is 17.2 Å². The van der Waals surface area contributed by atoms with Crippen molar-refractivity contribution in [2.24, 2.45) is 0 Å². The Morgan fingerprint density at radius 2 is 2.00 bits per heavy atom. The maximum Gasteiger partial charge on any atom is 0.217 e. The summed E-state index contributed by atoms with van der Waals surface area (Å²) in [7, 11) is 3.18. The number of carbonyl (C=O) groups is 1. The molecule has 1 heterocycles. The van der Waals surface area contributed by atoms with E-state index >= 15 is 0 Å². The fourth-order valence-electron chi connectivity index (χ4n) is 2.54. The van der Waals surface area contributed by atoms with Crippen LogP contribution in [0, 0.1) is 0 Å². The highest BCUT2D eigenvalue weighted by molar-refractivity contribution is 5.75. The Balaban J connectivity index is 2.19. The van der Waals surface area contributed by atoms with Crippen molar-refractivity contribution in [3.8, 4) is 11.5 Å². The minimum Gasteiger partial charge on any atom is -0.493 e. The van der Waals surface area contributed by atoms with Crippen molar-refractivity contribution in [3.63, 3.8) is 0 Å². The molecule has 0 bridgehead atoms. The van der Waals surface area contributed by atoms with Crippen LogP contribution in [0.4, 0.5) is 11.4 Å². The molecule has 1 atom stereocenters. The molecule has 1 aromatic carbocycles. The van der Waals surface area contributed by atoms with Gasteiger partial charge in [0.15, 0.2) is 11.5 Å². The number of ether oxygens (including phenoxy) is 2. The van der Waals surface area contributed by atoms with Gasteiger partial charge < -0.3 is 25.4 Å². The topological polar surface area (TPSA) is 76.8 Å². The molecule has 0 aliphatic carbocycles. The molecule has 6 nitrogen and oxygen atoms in total. The predicted molar refractivity (Wildman–Crippen MR) is 78.4 cm³/mol. The van der Waals surface area contributed by atoms with Crippen molar-refractivity contribution in [3.05, 3.63) is 12.1 Å². The number of hydrogen-bond acceptors (Lipinski definition) is 5. The van der Waals surface area contributed by atoms with E-state index < -0.39 is 0 Å². The Bertz CT molecular complexity index is 505. The van der Waals surface area contributed by atoms with E-state index in [-0.39, 0.29) is 11.9 Å². The number of anilines is 2. The molecule has 0 aromatic heterocycles. The molecule has 6 heteroatoms. The van der Waals surface area contributed by atoms with Gasteiger partial charge >= 0.3 is 0 Å². The van der Waals surface area contributed by atoms with Crippen LogP contribution in [0.15, 0.2) is 12.1 Å². The summed E-state index contributed by atoms with van der Waals surface area (Å²) in [5.74, 6) is 1.27. The van der Waals surface area contributed by atoms with E-state index in [1.807, 2.05) is 6.07 Å².